The fourth-order valence-corrected chi connectivity index (χ4v) is 3.49. The number of benzene rings is 1. The summed E-state index contributed by atoms with van der Waals surface area (Å²) in [6, 6.07) is 6.07. The zero-order valence-electron chi connectivity index (χ0n) is 12.8. The van der Waals surface area contributed by atoms with Gasteiger partial charge in [0.05, 0.1) is 0 Å². The number of nitrogens with zero attached hydrogens (tertiary/aromatic N) is 1. The van der Waals surface area contributed by atoms with Gasteiger partial charge in [-0.25, -0.2) is 0 Å². The SMILES string of the molecule is CN=C(NCc1ccccc1OC(F)(F)F)NCC1CCCS1. The lowest BCUT2D eigenvalue weighted by molar-refractivity contribution is -0.274. The predicted molar refractivity (Wildman–Crippen MR) is 86.8 cm³/mol. The van der Waals surface area contributed by atoms with E-state index < -0.39 is 6.36 Å². The lowest BCUT2D eigenvalue weighted by Gasteiger charge is -2.17. The van der Waals surface area contributed by atoms with Crippen LogP contribution in [-0.4, -0.2) is 36.9 Å². The molecule has 0 saturated carbocycles. The summed E-state index contributed by atoms with van der Waals surface area (Å²) in [5, 5.41) is 6.79. The number of ether oxygens (including phenoxy) is 1. The van der Waals surface area contributed by atoms with Gasteiger partial charge in [0.2, 0.25) is 0 Å². The quantitative estimate of drug-likeness (QED) is 0.634. The van der Waals surface area contributed by atoms with Gasteiger partial charge in [-0.2, -0.15) is 11.8 Å². The third kappa shape index (κ3) is 6.21. The molecule has 0 aliphatic carbocycles. The molecular weight excluding hydrogens is 327 g/mol. The van der Waals surface area contributed by atoms with Crippen LogP contribution in [0.5, 0.6) is 5.75 Å². The second kappa shape index (κ2) is 8.33. The first-order valence-electron chi connectivity index (χ1n) is 7.37. The van der Waals surface area contributed by atoms with Crippen molar-refractivity contribution in [3.63, 3.8) is 0 Å². The van der Waals surface area contributed by atoms with Crippen LogP contribution in [0.4, 0.5) is 13.2 Å². The molecule has 0 amide bonds. The highest BCUT2D eigenvalue weighted by Crippen LogP contribution is 2.26. The van der Waals surface area contributed by atoms with Gasteiger partial charge in [-0.3, -0.25) is 4.99 Å². The van der Waals surface area contributed by atoms with Gasteiger partial charge >= 0.3 is 6.36 Å². The van der Waals surface area contributed by atoms with Gasteiger partial charge in [-0.15, -0.1) is 13.2 Å². The monoisotopic (exact) mass is 347 g/mol. The highest BCUT2D eigenvalue weighted by molar-refractivity contribution is 8.00. The molecule has 0 aromatic heterocycles. The van der Waals surface area contributed by atoms with Gasteiger partial charge in [-0.05, 0) is 24.7 Å². The molecule has 128 valence electrons. The van der Waals surface area contributed by atoms with Crippen molar-refractivity contribution in [3.05, 3.63) is 29.8 Å². The summed E-state index contributed by atoms with van der Waals surface area (Å²) < 4.78 is 41.2. The summed E-state index contributed by atoms with van der Waals surface area (Å²) in [4.78, 5) is 4.09. The Kier molecular flexibility index (Phi) is 6.44. The molecule has 0 spiro atoms. The lowest BCUT2D eigenvalue weighted by atomic mass is 10.2. The minimum atomic E-state index is -4.70. The third-order valence-electron chi connectivity index (χ3n) is 3.39. The van der Waals surface area contributed by atoms with Crippen molar-refractivity contribution in [3.8, 4) is 5.75 Å². The first kappa shape index (κ1) is 17.8. The van der Waals surface area contributed by atoms with Gasteiger partial charge < -0.3 is 15.4 Å². The Morgan fingerprint density at radius 1 is 1.35 bits per heavy atom. The number of rotatable bonds is 5. The summed E-state index contributed by atoms with van der Waals surface area (Å²) in [5.41, 5.74) is 0.419. The third-order valence-corrected chi connectivity index (χ3v) is 4.79. The molecular formula is C15H20F3N3OS. The minimum absolute atomic E-state index is 0.198. The fourth-order valence-electron chi connectivity index (χ4n) is 2.29. The summed E-state index contributed by atoms with van der Waals surface area (Å²) in [5.74, 6) is 1.55. The number of nitrogens with one attached hydrogen (secondary N) is 2. The van der Waals surface area contributed by atoms with Crippen LogP contribution in [0.1, 0.15) is 18.4 Å². The van der Waals surface area contributed by atoms with Gasteiger partial charge in [0.15, 0.2) is 5.96 Å². The molecule has 1 aliphatic heterocycles. The molecule has 0 radical (unpaired) electrons. The van der Waals surface area contributed by atoms with E-state index in [0.29, 0.717) is 16.8 Å². The van der Waals surface area contributed by atoms with E-state index >= 15 is 0 Å². The highest BCUT2D eigenvalue weighted by atomic mass is 32.2. The van der Waals surface area contributed by atoms with Crippen LogP contribution >= 0.6 is 11.8 Å². The van der Waals surface area contributed by atoms with Crippen molar-refractivity contribution in [2.45, 2.75) is 31.0 Å². The van der Waals surface area contributed by atoms with Gasteiger partial charge in [-0.1, -0.05) is 18.2 Å². The molecule has 1 aliphatic rings. The molecule has 8 heteroatoms. The van der Waals surface area contributed by atoms with Gasteiger partial charge in [0.1, 0.15) is 5.75 Å². The van der Waals surface area contributed by atoms with E-state index in [1.165, 1.54) is 30.7 Å². The zero-order valence-corrected chi connectivity index (χ0v) is 13.6. The summed E-state index contributed by atoms with van der Waals surface area (Å²) in [6.45, 7) is 0.995. The molecule has 1 saturated heterocycles. The Labute approximate surface area is 137 Å². The number of aliphatic imine (C=N–C) groups is 1. The average Bonchev–Trinajstić information content (AvgIpc) is 3.01. The van der Waals surface area contributed by atoms with Crippen molar-refractivity contribution < 1.29 is 17.9 Å². The van der Waals surface area contributed by atoms with Gasteiger partial charge in [0.25, 0.3) is 0 Å². The standard InChI is InChI=1S/C15H20F3N3OS/c1-19-14(21-10-12-6-4-8-23-12)20-9-11-5-2-3-7-13(11)22-15(16,17)18/h2-3,5,7,12H,4,6,8-10H2,1H3,(H2,19,20,21). The number of para-hydroxylation sites is 1. The van der Waals surface area contributed by atoms with E-state index in [1.807, 2.05) is 11.8 Å². The minimum Gasteiger partial charge on any atom is -0.405 e. The Bertz CT molecular complexity index is 531. The molecule has 4 nitrogen and oxygen atoms in total. The van der Waals surface area contributed by atoms with Crippen molar-refractivity contribution in [1.29, 1.82) is 0 Å². The zero-order chi connectivity index (χ0) is 16.7. The first-order valence-corrected chi connectivity index (χ1v) is 8.42. The predicted octanol–water partition coefficient (Wildman–Crippen LogP) is 3.15. The second-order valence-corrected chi connectivity index (χ2v) is 6.51. The van der Waals surface area contributed by atoms with Crippen LogP contribution < -0.4 is 15.4 Å². The Hall–Kier alpha value is -1.57. The topological polar surface area (TPSA) is 45.7 Å². The number of hydrogen-bond donors (Lipinski definition) is 2. The second-order valence-electron chi connectivity index (χ2n) is 5.10. The van der Waals surface area contributed by atoms with Crippen LogP contribution in [0.15, 0.2) is 29.3 Å². The molecule has 1 unspecified atom stereocenters. The van der Waals surface area contributed by atoms with Gasteiger partial charge in [0, 0.05) is 31.0 Å². The van der Waals surface area contributed by atoms with Crippen molar-refractivity contribution in [2.24, 2.45) is 4.99 Å². The van der Waals surface area contributed by atoms with Crippen molar-refractivity contribution in [1.82, 2.24) is 10.6 Å². The van der Waals surface area contributed by atoms with Crippen LogP contribution in [0, 0.1) is 0 Å². The summed E-state index contributed by atoms with van der Waals surface area (Å²) in [6.07, 6.45) is -2.29. The maximum absolute atomic E-state index is 12.4. The number of alkyl halides is 3. The maximum atomic E-state index is 12.4. The number of thioether (sulfide) groups is 1. The first-order chi connectivity index (χ1) is 11.0. The van der Waals surface area contributed by atoms with Crippen LogP contribution in [0.2, 0.25) is 0 Å². The van der Waals surface area contributed by atoms with E-state index in [2.05, 4.69) is 20.4 Å². The Morgan fingerprint density at radius 2 is 2.13 bits per heavy atom. The highest BCUT2D eigenvalue weighted by Gasteiger charge is 2.31. The fraction of sp³-hybridized carbons (Fsp3) is 0.533. The van der Waals surface area contributed by atoms with E-state index in [1.54, 1.807) is 19.2 Å². The van der Waals surface area contributed by atoms with E-state index in [4.69, 9.17) is 0 Å². The largest absolute Gasteiger partial charge is 0.573 e. The summed E-state index contributed by atoms with van der Waals surface area (Å²) >= 11 is 1.93. The van der Waals surface area contributed by atoms with Crippen molar-refractivity contribution in [2.75, 3.05) is 19.3 Å². The average molecular weight is 347 g/mol. The molecule has 2 N–H and O–H groups in total. The molecule has 1 atom stereocenters. The molecule has 1 aromatic rings. The normalized spacial score (nSPS) is 18.8. The molecule has 1 aromatic carbocycles. The molecule has 0 bridgehead atoms. The van der Waals surface area contributed by atoms with E-state index in [-0.39, 0.29) is 12.3 Å². The Morgan fingerprint density at radius 3 is 2.78 bits per heavy atom. The molecule has 23 heavy (non-hydrogen) atoms. The molecule has 1 fully saturated rings. The lowest BCUT2D eigenvalue weighted by Crippen LogP contribution is -2.39. The van der Waals surface area contributed by atoms with E-state index in [0.717, 1.165) is 6.54 Å². The van der Waals surface area contributed by atoms with E-state index in [9.17, 15) is 13.2 Å². The van der Waals surface area contributed by atoms with Crippen LogP contribution in [0.25, 0.3) is 0 Å². The smallest absolute Gasteiger partial charge is 0.405 e. The number of guanidine groups is 1. The number of hydrogen-bond acceptors (Lipinski definition) is 3. The van der Waals surface area contributed by atoms with Crippen LogP contribution in [0.3, 0.4) is 0 Å². The summed E-state index contributed by atoms with van der Waals surface area (Å²) in [7, 11) is 1.63. The maximum Gasteiger partial charge on any atom is 0.573 e. The molecule has 2 rings (SSSR count). The number of halogens is 3. The molecule has 1 heterocycles. The van der Waals surface area contributed by atoms with Crippen molar-refractivity contribution >= 4 is 17.7 Å². The van der Waals surface area contributed by atoms with Crippen LogP contribution in [-0.2, 0) is 6.54 Å². The Balaban J connectivity index is 1.88.